The van der Waals surface area contributed by atoms with Crippen molar-refractivity contribution in [3.8, 4) is 0 Å². The second kappa shape index (κ2) is 5.26. The van der Waals surface area contributed by atoms with Gasteiger partial charge in [-0.25, -0.2) is 18.7 Å². The molecule has 0 atom stereocenters. The highest BCUT2D eigenvalue weighted by atomic mass is 32.2. The fourth-order valence-electron chi connectivity index (χ4n) is 0.901. The van der Waals surface area contributed by atoms with Crippen LogP contribution in [0.4, 0.5) is 20.4 Å². The molecule has 0 aromatic carbocycles. The number of thioether (sulfide) groups is 1. The summed E-state index contributed by atoms with van der Waals surface area (Å²) in [6, 6.07) is 1.35. The molecule has 16 heavy (non-hydrogen) atoms. The van der Waals surface area contributed by atoms with Crippen LogP contribution in [-0.4, -0.2) is 40.4 Å². The molecule has 0 aliphatic carbocycles. The maximum absolute atomic E-state index is 12.7. The number of nitrogen functional groups attached to an aromatic ring is 1. The molecule has 0 aliphatic rings. The number of nitrogens with two attached hydrogens (primary N) is 1. The predicted molar refractivity (Wildman–Crippen MR) is 58.7 cm³/mol. The average molecular weight is 250 g/mol. The zero-order valence-electron chi connectivity index (χ0n) is 8.57. The number of aliphatic hydroxyl groups is 1. The number of anilines is 2. The molecule has 0 radical (unpaired) electrons. The molecule has 1 aromatic heterocycles. The summed E-state index contributed by atoms with van der Waals surface area (Å²) in [5.41, 5.74) is 5.47. The van der Waals surface area contributed by atoms with Gasteiger partial charge in [-0.15, -0.1) is 0 Å². The lowest BCUT2D eigenvalue weighted by Crippen LogP contribution is -2.31. The number of hydrogen-bond acceptors (Lipinski definition) is 6. The smallest absolute Gasteiger partial charge is 0.287 e. The second-order valence-electron chi connectivity index (χ2n) is 3.03. The molecule has 0 fully saturated rings. The third-order valence-electron chi connectivity index (χ3n) is 1.67. The van der Waals surface area contributed by atoms with Crippen molar-refractivity contribution >= 4 is 23.4 Å². The summed E-state index contributed by atoms with van der Waals surface area (Å²) < 4.78 is 25.5. The van der Waals surface area contributed by atoms with E-state index in [1.807, 2.05) is 0 Å². The molecule has 0 bridgehead atoms. The van der Waals surface area contributed by atoms with Crippen LogP contribution in [0.25, 0.3) is 0 Å². The number of aliphatic hydroxyl groups excluding tert-OH is 1. The maximum atomic E-state index is 12.7. The lowest BCUT2D eigenvalue weighted by Gasteiger charge is -2.14. The molecular weight excluding hydrogens is 238 g/mol. The van der Waals surface area contributed by atoms with E-state index < -0.39 is 19.1 Å². The third-order valence-corrected chi connectivity index (χ3v) is 2.22. The van der Waals surface area contributed by atoms with Crippen molar-refractivity contribution in [1.29, 1.82) is 0 Å². The Bertz CT molecular complexity index is 364. The second-order valence-corrected chi connectivity index (χ2v) is 3.81. The van der Waals surface area contributed by atoms with Crippen molar-refractivity contribution in [1.82, 2.24) is 9.97 Å². The zero-order valence-corrected chi connectivity index (χ0v) is 9.39. The summed E-state index contributed by atoms with van der Waals surface area (Å²) >= 11 is 1.26. The molecular formula is C8H12F2N4OS. The van der Waals surface area contributed by atoms with Gasteiger partial charge in [0.1, 0.15) is 18.2 Å². The first kappa shape index (κ1) is 12.9. The Balaban J connectivity index is 2.70. The summed E-state index contributed by atoms with van der Waals surface area (Å²) in [5.74, 6) is -2.77. The van der Waals surface area contributed by atoms with Crippen molar-refractivity contribution in [3.05, 3.63) is 6.07 Å². The van der Waals surface area contributed by atoms with Crippen LogP contribution in [0.2, 0.25) is 0 Å². The molecule has 0 aliphatic heterocycles. The van der Waals surface area contributed by atoms with Gasteiger partial charge in [-0.1, -0.05) is 11.8 Å². The van der Waals surface area contributed by atoms with Crippen molar-refractivity contribution in [3.63, 3.8) is 0 Å². The molecule has 0 unspecified atom stereocenters. The van der Waals surface area contributed by atoms with Gasteiger partial charge in [-0.2, -0.15) is 0 Å². The van der Waals surface area contributed by atoms with E-state index in [1.54, 1.807) is 6.26 Å². The highest BCUT2D eigenvalue weighted by molar-refractivity contribution is 7.98. The van der Waals surface area contributed by atoms with Crippen LogP contribution in [0, 0.1) is 0 Å². The first-order valence-electron chi connectivity index (χ1n) is 4.38. The maximum Gasteiger partial charge on any atom is 0.287 e. The Kier molecular flexibility index (Phi) is 4.25. The van der Waals surface area contributed by atoms with Crippen molar-refractivity contribution in [2.45, 2.75) is 11.1 Å². The fourth-order valence-corrected chi connectivity index (χ4v) is 1.29. The number of nitrogens with zero attached hydrogens (tertiary/aromatic N) is 2. The molecule has 0 saturated carbocycles. The summed E-state index contributed by atoms with van der Waals surface area (Å²) in [6.45, 7) is -1.91. The minimum atomic E-state index is -3.18. The van der Waals surface area contributed by atoms with Gasteiger partial charge in [0.25, 0.3) is 5.92 Å². The quantitative estimate of drug-likeness (QED) is 0.530. The van der Waals surface area contributed by atoms with Gasteiger partial charge in [-0.3, -0.25) is 0 Å². The molecule has 0 saturated heterocycles. The largest absolute Gasteiger partial charge is 0.390 e. The molecule has 90 valence electrons. The topological polar surface area (TPSA) is 84.1 Å². The van der Waals surface area contributed by atoms with Crippen LogP contribution in [0.1, 0.15) is 0 Å². The average Bonchev–Trinajstić information content (AvgIpc) is 2.26. The van der Waals surface area contributed by atoms with Gasteiger partial charge < -0.3 is 16.2 Å². The molecule has 1 heterocycles. The predicted octanol–water partition coefficient (Wildman–Crippen LogP) is 0.820. The van der Waals surface area contributed by atoms with Crippen LogP contribution < -0.4 is 11.1 Å². The molecule has 0 spiro atoms. The van der Waals surface area contributed by atoms with Crippen LogP contribution in [0.15, 0.2) is 11.2 Å². The number of hydrogen-bond donors (Lipinski definition) is 3. The van der Waals surface area contributed by atoms with Crippen LogP contribution in [0.5, 0.6) is 0 Å². The van der Waals surface area contributed by atoms with Crippen LogP contribution >= 0.6 is 11.8 Å². The first-order valence-corrected chi connectivity index (χ1v) is 5.60. The van der Waals surface area contributed by atoms with E-state index >= 15 is 0 Å². The van der Waals surface area contributed by atoms with E-state index in [-0.39, 0.29) is 11.6 Å². The molecule has 1 aromatic rings. The van der Waals surface area contributed by atoms with E-state index in [1.165, 1.54) is 17.8 Å². The Hall–Kier alpha value is -1.15. The van der Waals surface area contributed by atoms with E-state index in [9.17, 15) is 8.78 Å². The van der Waals surface area contributed by atoms with E-state index in [4.69, 9.17) is 10.8 Å². The minimum Gasteiger partial charge on any atom is -0.390 e. The Morgan fingerprint density at radius 2 is 2.25 bits per heavy atom. The summed E-state index contributed by atoms with van der Waals surface area (Å²) in [5, 5.41) is 11.2. The SMILES string of the molecule is CSc1nc(N)cc(NCC(F)(F)CO)n1. The summed E-state index contributed by atoms with van der Waals surface area (Å²) in [4.78, 5) is 7.80. The number of alkyl halides is 2. The monoisotopic (exact) mass is 250 g/mol. The number of halogens is 2. The Morgan fingerprint density at radius 1 is 1.56 bits per heavy atom. The van der Waals surface area contributed by atoms with E-state index in [0.717, 1.165) is 0 Å². The number of rotatable bonds is 5. The summed E-state index contributed by atoms with van der Waals surface area (Å²) in [7, 11) is 0. The standard InChI is InChI=1S/C8H12F2N4OS/c1-16-7-13-5(11)2-6(14-7)12-3-8(9,10)4-15/h2,15H,3-4H2,1H3,(H3,11,12,13,14). The summed E-state index contributed by atoms with van der Waals surface area (Å²) in [6.07, 6.45) is 1.75. The molecule has 0 amide bonds. The highest BCUT2D eigenvalue weighted by Crippen LogP contribution is 2.17. The van der Waals surface area contributed by atoms with Crippen LogP contribution in [0.3, 0.4) is 0 Å². The zero-order chi connectivity index (χ0) is 12.2. The van der Waals surface area contributed by atoms with Gasteiger partial charge in [0.05, 0.1) is 6.54 Å². The minimum absolute atomic E-state index is 0.203. The fraction of sp³-hybridized carbons (Fsp3) is 0.500. The van der Waals surface area contributed by atoms with Gasteiger partial charge in [0, 0.05) is 6.07 Å². The lowest BCUT2D eigenvalue weighted by molar-refractivity contribution is -0.0373. The molecule has 5 nitrogen and oxygen atoms in total. The number of aromatic nitrogens is 2. The van der Waals surface area contributed by atoms with Crippen molar-refractivity contribution in [2.24, 2.45) is 0 Å². The molecule has 8 heteroatoms. The Labute approximate surface area is 95.5 Å². The van der Waals surface area contributed by atoms with Crippen LogP contribution in [-0.2, 0) is 0 Å². The highest BCUT2D eigenvalue weighted by Gasteiger charge is 2.27. The van der Waals surface area contributed by atoms with E-state index in [2.05, 4.69) is 15.3 Å². The Morgan fingerprint density at radius 3 is 2.81 bits per heavy atom. The first-order chi connectivity index (χ1) is 7.46. The number of nitrogens with one attached hydrogen (secondary N) is 1. The van der Waals surface area contributed by atoms with Gasteiger partial charge >= 0.3 is 0 Å². The molecule has 1 rings (SSSR count). The van der Waals surface area contributed by atoms with E-state index in [0.29, 0.717) is 5.16 Å². The van der Waals surface area contributed by atoms with Crippen molar-refractivity contribution < 1.29 is 13.9 Å². The normalized spacial score (nSPS) is 11.5. The van der Waals surface area contributed by atoms with Crippen molar-refractivity contribution in [2.75, 3.05) is 30.5 Å². The van der Waals surface area contributed by atoms with Gasteiger partial charge in [0.15, 0.2) is 5.16 Å². The van der Waals surface area contributed by atoms with Gasteiger partial charge in [-0.05, 0) is 6.26 Å². The third kappa shape index (κ3) is 3.78. The molecule has 4 N–H and O–H groups in total. The lowest BCUT2D eigenvalue weighted by atomic mass is 10.3. The van der Waals surface area contributed by atoms with Gasteiger partial charge in [0.2, 0.25) is 0 Å².